The molecule has 0 aliphatic carbocycles. The predicted octanol–water partition coefficient (Wildman–Crippen LogP) is -1.83. The van der Waals surface area contributed by atoms with E-state index < -0.39 is 83.7 Å². The lowest BCUT2D eigenvalue weighted by Crippen LogP contribution is -2.60. The number of rotatable bonds is 25. The van der Waals surface area contributed by atoms with E-state index in [2.05, 4.69) is 77.1 Å². The van der Waals surface area contributed by atoms with Gasteiger partial charge in [-0.15, -0.1) is 0 Å². The number of thiol groups is 2. The van der Waals surface area contributed by atoms with Crippen LogP contribution in [0.1, 0.15) is 36.6 Å². The number of imidazole rings is 1. The Morgan fingerprint density at radius 3 is 1.89 bits per heavy atom. The molecule has 0 saturated carbocycles. The van der Waals surface area contributed by atoms with E-state index in [9.17, 15) is 38.7 Å². The summed E-state index contributed by atoms with van der Waals surface area (Å²) in [4.78, 5) is 108. The Bertz CT molecular complexity index is 2240. The lowest BCUT2D eigenvalue weighted by atomic mass is 10.0. The van der Waals surface area contributed by atoms with Gasteiger partial charge in [0.15, 0.2) is 5.96 Å². The maximum atomic E-state index is 14.4. The van der Waals surface area contributed by atoms with E-state index in [1.165, 1.54) is 19.4 Å². The summed E-state index contributed by atoms with van der Waals surface area (Å²) in [5.41, 5.74) is 19.3. The fraction of sp³-hybridized carbons (Fsp3) is 0.390. The smallest absolute Gasteiger partial charge is 0.327 e. The van der Waals surface area contributed by atoms with Crippen LogP contribution in [0, 0.1) is 0 Å². The molecule has 0 radical (unpaired) electrons. The minimum absolute atomic E-state index is 0.0270. The van der Waals surface area contributed by atoms with Crippen molar-refractivity contribution in [1.29, 1.82) is 0 Å². The van der Waals surface area contributed by atoms with Gasteiger partial charge < -0.3 is 64.2 Å². The van der Waals surface area contributed by atoms with Crippen LogP contribution < -0.4 is 49.1 Å². The Kier molecular flexibility index (Phi) is 19.5. The molecule has 0 aliphatic heterocycles. The second kappa shape index (κ2) is 24.9. The second-order valence-electron chi connectivity index (χ2n) is 14.8. The summed E-state index contributed by atoms with van der Waals surface area (Å²) in [6.45, 7) is 1.48. The van der Waals surface area contributed by atoms with E-state index in [-0.39, 0.29) is 56.1 Å². The van der Waals surface area contributed by atoms with Gasteiger partial charge in [0.1, 0.15) is 36.3 Å². The van der Waals surface area contributed by atoms with E-state index >= 15 is 0 Å². The molecule has 0 spiro atoms. The number of nitrogens with one attached hydrogen (secondary N) is 8. The number of carboxylic acid groups (broad SMARTS) is 1. The number of guanidine groups is 1. The summed E-state index contributed by atoms with van der Waals surface area (Å²) < 4.78 is 0. The van der Waals surface area contributed by atoms with E-state index in [0.29, 0.717) is 16.8 Å². The van der Waals surface area contributed by atoms with Crippen molar-refractivity contribution in [3.05, 3.63) is 90.1 Å². The number of H-pyrrole nitrogens is 2. The molecule has 0 bridgehead atoms. The van der Waals surface area contributed by atoms with Gasteiger partial charge in [-0.1, -0.05) is 48.5 Å². The first-order chi connectivity index (χ1) is 30.6. The lowest BCUT2D eigenvalue weighted by Gasteiger charge is -2.27. The molecular weight excluding hydrogens is 867 g/mol. The molecule has 7 atom stereocenters. The number of carbonyl (C=O) groups is 7. The molecule has 64 heavy (non-hydrogen) atoms. The van der Waals surface area contributed by atoms with Crippen LogP contribution in [-0.4, -0.2) is 128 Å². The molecule has 2 aromatic carbocycles. The van der Waals surface area contributed by atoms with Gasteiger partial charge in [0.05, 0.1) is 12.4 Å². The number of aliphatic imine (C=N–C) groups is 1. The lowest BCUT2D eigenvalue weighted by molar-refractivity contribution is -0.141. The molecule has 4 aromatic rings. The first-order valence-electron chi connectivity index (χ1n) is 20.2. The molecule has 15 N–H and O–H groups in total. The number of benzene rings is 2. The number of fused-ring (bicyclic) bond motifs is 1. The Balaban J connectivity index is 1.64. The average Bonchev–Trinajstić information content (AvgIpc) is 3.95. The van der Waals surface area contributed by atoms with Crippen molar-refractivity contribution >= 4 is 83.5 Å². The standard InChI is InChI=1S/C41H55N13O8S2/c1-22(49-35(56)27(42)19-63)34(55)51-32(16-25-18-45-21-48-25)39(60)52-30(14-23-8-3-2-4-9-23)37(58)50-29(12-7-13-46-41(43)44)36(57)53-31(38(59)54-33(20-64)40(61)62)15-24-17-47-28-11-6-5-10-26(24)28/h2-6,8-11,17-18,21-22,27,29-33,47,63-64H,7,12-16,19-20,42H2,1H3,(H,45,48)(H,49,56)(H,50,58)(H,51,55)(H,52,60)(H,53,57)(H,54,59)(H,61,62)(H4,43,44,46)/t22-,27-,29-,30+,31-,32-,33-/m0/s1. The highest BCUT2D eigenvalue weighted by Crippen LogP contribution is 2.20. The van der Waals surface area contributed by atoms with Gasteiger partial charge in [0, 0.05) is 66.3 Å². The third kappa shape index (κ3) is 15.3. The normalized spacial score (nSPS) is 14.3. The fourth-order valence-corrected chi connectivity index (χ4v) is 6.84. The molecule has 2 heterocycles. The molecule has 23 heteroatoms. The summed E-state index contributed by atoms with van der Waals surface area (Å²) in [5.74, 6) is -6.30. The maximum Gasteiger partial charge on any atom is 0.327 e. The number of aromatic amines is 2. The monoisotopic (exact) mass is 921 g/mol. The van der Waals surface area contributed by atoms with Crippen LogP contribution in [0.2, 0.25) is 0 Å². The summed E-state index contributed by atoms with van der Waals surface area (Å²) in [7, 11) is 0. The highest BCUT2D eigenvalue weighted by Gasteiger charge is 2.34. The Labute approximate surface area is 379 Å². The quantitative estimate of drug-likeness (QED) is 0.0151. The Morgan fingerprint density at radius 1 is 0.703 bits per heavy atom. The highest BCUT2D eigenvalue weighted by molar-refractivity contribution is 7.80. The van der Waals surface area contributed by atoms with Gasteiger partial charge in [-0.2, -0.15) is 25.3 Å². The summed E-state index contributed by atoms with van der Waals surface area (Å²) in [5, 5.41) is 26.1. The van der Waals surface area contributed by atoms with Crippen molar-refractivity contribution in [3.63, 3.8) is 0 Å². The van der Waals surface area contributed by atoms with Crippen LogP contribution in [0.15, 0.2) is 78.3 Å². The predicted molar refractivity (Wildman–Crippen MR) is 245 cm³/mol. The van der Waals surface area contributed by atoms with Gasteiger partial charge in [-0.3, -0.25) is 33.8 Å². The van der Waals surface area contributed by atoms with E-state index in [0.717, 1.165) is 10.9 Å². The number of hydrogen-bond acceptors (Lipinski definition) is 12. The summed E-state index contributed by atoms with van der Waals surface area (Å²) >= 11 is 8.08. The summed E-state index contributed by atoms with van der Waals surface area (Å²) in [6.07, 6.45) is 4.41. The van der Waals surface area contributed by atoms with Gasteiger partial charge in [-0.25, -0.2) is 9.78 Å². The van der Waals surface area contributed by atoms with Crippen molar-refractivity contribution in [2.75, 3.05) is 18.1 Å². The number of nitrogens with zero attached hydrogens (tertiary/aromatic N) is 2. The number of carboxylic acids is 1. The van der Waals surface area contributed by atoms with E-state index in [1.807, 2.05) is 18.2 Å². The number of para-hydroxylation sites is 1. The molecule has 0 aliphatic rings. The van der Waals surface area contributed by atoms with Crippen molar-refractivity contribution < 1.29 is 38.7 Å². The number of hydrogen-bond donors (Lipinski definition) is 14. The molecule has 6 amide bonds. The van der Waals surface area contributed by atoms with Gasteiger partial charge in [0.2, 0.25) is 35.4 Å². The molecule has 0 unspecified atom stereocenters. The third-order valence-corrected chi connectivity index (χ3v) is 10.7. The zero-order valence-electron chi connectivity index (χ0n) is 35.0. The van der Waals surface area contributed by atoms with Crippen molar-refractivity contribution in [2.45, 2.75) is 81.3 Å². The van der Waals surface area contributed by atoms with Crippen LogP contribution in [0.5, 0.6) is 0 Å². The molecular formula is C41H55N13O8S2. The summed E-state index contributed by atoms with van der Waals surface area (Å²) in [6, 6.07) is 7.20. The zero-order chi connectivity index (χ0) is 46.8. The topological polar surface area (TPSA) is 347 Å². The van der Waals surface area contributed by atoms with Gasteiger partial charge in [-0.05, 0) is 37.0 Å². The van der Waals surface area contributed by atoms with Crippen molar-refractivity contribution in [2.24, 2.45) is 22.2 Å². The third-order valence-electron chi connectivity index (χ3n) is 9.92. The number of aromatic nitrogens is 3. The van der Waals surface area contributed by atoms with Crippen LogP contribution in [0.3, 0.4) is 0 Å². The minimum atomic E-state index is -1.38. The SMILES string of the molecule is C[C@H](NC(=O)[C@@H](N)CS)C(=O)N[C@@H](Cc1cnc[nH]1)C(=O)N[C@H](Cc1ccccc1)C(=O)N[C@@H](CCCN=C(N)N)C(=O)N[C@@H](Cc1c[nH]c2ccccc12)C(=O)N[C@@H](CS)C(=O)O. The molecule has 0 fully saturated rings. The molecule has 4 rings (SSSR count). The highest BCUT2D eigenvalue weighted by atomic mass is 32.1. The largest absolute Gasteiger partial charge is 0.480 e. The van der Waals surface area contributed by atoms with Gasteiger partial charge >= 0.3 is 5.97 Å². The maximum absolute atomic E-state index is 14.4. The number of aliphatic carboxylic acids is 1. The first kappa shape index (κ1) is 50.1. The van der Waals surface area contributed by atoms with Crippen LogP contribution in [0.25, 0.3) is 10.9 Å². The van der Waals surface area contributed by atoms with E-state index in [1.54, 1.807) is 42.6 Å². The van der Waals surface area contributed by atoms with Gasteiger partial charge in [0.25, 0.3) is 0 Å². The minimum Gasteiger partial charge on any atom is -0.480 e. The molecule has 2 aromatic heterocycles. The number of carbonyl (C=O) groups excluding carboxylic acids is 6. The molecule has 344 valence electrons. The molecule has 0 saturated heterocycles. The van der Waals surface area contributed by atoms with E-state index in [4.69, 9.17) is 17.2 Å². The van der Waals surface area contributed by atoms with Crippen LogP contribution in [-0.2, 0) is 52.8 Å². The first-order valence-corrected chi connectivity index (χ1v) is 21.5. The average molecular weight is 922 g/mol. The molecule has 21 nitrogen and oxygen atoms in total. The fourth-order valence-electron chi connectivity index (χ4n) is 6.43. The second-order valence-corrected chi connectivity index (χ2v) is 15.6. The Morgan fingerprint density at radius 2 is 1.28 bits per heavy atom. The number of nitrogens with two attached hydrogens (primary N) is 3. The van der Waals surface area contributed by atoms with Crippen molar-refractivity contribution in [1.82, 2.24) is 46.9 Å². The zero-order valence-corrected chi connectivity index (χ0v) is 36.7. The van der Waals surface area contributed by atoms with Crippen LogP contribution in [0.4, 0.5) is 0 Å². The van der Waals surface area contributed by atoms with Crippen LogP contribution >= 0.6 is 25.3 Å². The van der Waals surface area contributed by atoms with Crippen molar-refractivity contribution in [3.8, 4) is 0 Å². The number of amides is 6. The Hall–Kier alpha value is -6.59.